The lowest BCUT2D eigenvalue weighted by molar-refractivity contribution is -0.131. The number of likely N-dealkylation sites (N-methyl/N-ethyl adjacent to an activating group) is 1. The number of Topliss-reactive ketones (excluding diaryl/α,β-unsaturated/α-hetero) is 1. The highest BCUT2D eigenvalue weighted by Crippen LogP contribution is 2.30. The molecular formula is C15H16N2O3. The number of ketones is 1. The van der Waals surface area contributed by atoms with Crippen LogP contribution in [0.4, 0.5) is 5.69 Å². The lowest BCUT2D eigenvalue weighted by Gasteiger charge is -2.24. The average molecular weight is 272 g/mol. The van der Waals surface area contributed by atoms with Gasteiger partial charge in [-0.3, -0.25) is 19.3 Å². The van der Waals surface area contributed by atoms with E-state index in [1.54, 1.807) is 29.2 Å². The van der Waals surface area contributed by atoms with Gasteiger partial charge in [0.2, 0.25) is 5.91 Å². The van der Waals surface area contributed by atoms with E-state index in [1.165, 1.54) is 4.90 Å². The Balaban J connectivity index is 1.82. The van der Waals surface area contributed by atoms with E-state index < -0.39 is 11.7 Å². The van der Waals surface area contributed by atoms with Gasteiger partial charge in [-0.1, -0.05) is 12.1 Å². The van der Waals surface area contributed by atoms with Crippen LogP contribution in [0.15, 0.2) is 24.3 Å². The topological polar surface area (TPSA) is 57.7 Å². The molecule has 2 amide bonds. The van der Waals surface area contributed by atoms with Crippen LogP contribution in [0, 0.1) is 0 Å². The van der Waals surface area contributed by atoms with Crippen molar-refractivity contribution in [3.8, 4) is 0 Å². The number of benzene rings is 1. The number of para-hydroxylation sites is 1. The van der Waals surface area contributed by atoms with Gasteiger partial charge < -0.3 is 4.90 Å². The van der Waals surface area contributed by atoms with E-state index in [-0.39, 0.29) is 12.5 Å². The monoisotopic (exact) mass is 272 g/mol. The molecular weight excluding hydrogens is 256 g/mol. The standard InChI is InChI=1S/C15H16N2O3/c1-2-16(10-7-8-10)13(18)9-17-12-6-4-3-5-11(12)14(19)15(17)20/h3-6,10H,2,7-9H2,1H3. The van der Waals surface area contributed by atoms with Crippen LogP contribution in [0.5, 0.6) is 0 Å². The summed E-state index contributed by atoms with van der Waals surface area (Å²) in [6.07, 6.45) is 2.06. The van der Waals surface area contributed by atoms with Crippen molar-refractivity contribution in [2.75, 3.05) is 18.0 Å². The van der Waals surface area contributed by atoms with Crippen molar-refractivity contribution >= 4 is 23.3 Å². The highest BCUT2D eigenvalue weighted by molar-refractivity contribution is 6.52. The van der Waals surface area contributed by atoms with Gasteiger partial charge in [-0.05, 0) is 31.9 Å². The van der Waals surface area contributed by atoms with Crippen LogP contribution in [0.3, 0.4) is 0 Å². The van der Waals surface area contributed by atoms with Gasteiger partial charge in [0, 0.05) is 12.6 Å². The third-order valence-electron chi connectivity index (χ3n) is 3.82. The van der Waals surface area contributed by atoms with Crippen molar-refractivity contribution in [3.05, 3.63) is 29.8 Å². The molecule has 1 saturated carbocycles. The number of carbonyl (C=O) groups is 3. The first kappa shape index (κ1) is 12.8. The van der Waals surface area contributed by atoms with Crippen LogP contribution >= 0.6 is 0 Å². The molecule has 0 saturated heterocycles. The Morgan fingerprint density at radius 1 is 1.30 bits per heavy atom. The number of carbonyl (C=O) groups excluding carboxylic acids is 3. The number of amides is 2. The van der Waals surface area contributed by atoms with Gasteiger partial charge in [-0.25, -0.2) is 0 Å². The maximum atomic E-state index is 12.3. The minimum atomic E-state index is -0.605. The summed E-state index contributed by atoms with van der Waals surface area (Å²) in [5, 5.41) is 0. The zero-order valence-corrected chi connectivity index (χ0v) is 11.3. The van der Waals surface area contributed by atoms with Crippen LogP contribution in [0.1, 0.15) is 30.1 Å². The third-order valence-corrected chi connectivity index (χ3v) is 3.82. The molecule has 1 aliphatic heterocycles. The minimum Gasteiger partial charge on any atom is -0.338 e. The van der Waals surface area contributed by atoms with Crippen LogP contribution in [-0.2, 0) is 9.59 Å². The predicted molar refractivity (Wildman–Crippen MR) is 73.5 cm³/mol. The van der Waals surface area contributed by atoms with Crippen molar-refractivity contribution in [3.63, 3.8) is 0 Å². The fourth-order valence-corrected chi connectivity index (χ4v) is 2.66. The summed E-state index contributed by atoms with van der Waals surface area (Å²) in [6, 6.07) is 7.13. The Bertz CT molecular complexity index is 593. The molecule has 104 valence electrons. The molecule has 0 N–H and O–H groups in total. The fourth-order valence-electron chi connectivity index (χ4n) is 2.66. The quantitative estimate of drug-likeness (QED) is 0.775. The Morgan fingerprint density at radius 2 is 2.00 bits per heavy atom. The summed E-state index contributed by atoms with van der Waals surface area (Å²) in [4.78, 5) is 39.2. The van der Waals surface area contributed by atoms with Crippen LogP contribution in [-0.4, -0.2) is 41.6 Å². The second kappa shape index (κ2) is 4.74. The van der Waals surface area contributed by atoms with E-state index in [0.29, 0.717) is 23.8 Å². The van der Waals surface area contributed by atoms with Crippen molar-refractivity contribution in [1.29, 1.82) is 0 Å². The highest BCUT2D eigenvalue weighted by Gasteiger charge is 2.38. The molecule has 0 spiro atoms. The molecule has 2 aliphatic rings. The average Bonchev–Trinajstić information content (AvgIpc) is 3.25. The number of hydrogen-bond donors (Lipinski definition) is 0. The van der Waals surface area contributed by atoms with E-state index in [2.05, 4.69) is 0 Å². The van der Waals surface area contributed by atoms with Crippen molar-refractivity contribution in [1.82, 2.24) is 4.90 Å². The third kappa shape index (κ3) is 1.99. The summed E-state index contributed by atoms with van der Waals surface area (Å²) in [5.41, 5.74) is 0.933. The Morgan fingerprint density at radius 3 is 2.65 bits per heavy atom. The zero-order valence-electron chi connectivity index (χ0n) is 11.3. The lowest BCUT2D eigenvalue weighted by atomic mass is 10.1. The van der Waals surface area contributed by atoms with Gasteiger partial charge in [0.1, 0.15) is 6.54 Å². The summed E-state index contributed by atoms with van der Waals surface area (Å²) < 4.78 is 0. The molecule has 5 heteroatoms. The van der Waals surface area contributed by atoms with Crippen LogP contribution in [0.25, 0.3) is 0 Å². The van der Waals surface area contributed by atoms with Gasteiger partial charge in [0.05, 0.1) is 11.3 Å². The Kier molecular flexibility index (Phi) is 3.04. The number of nitrogens with zero attached hydrogens (tertiary/aromatic N) is 2. The summed E-state index contributed by atoms with van der Waals surface area (Å²) >= 11 is 0. The van der Waals surface area contributed by atoms with E-state index in [0.717, 1.165) is 12.8 Å². The molecule has 0 aromatic heterocycles. The first-order valence-corrected chi connectivity index (χ1v) is 6.88. The van der Waals surface area contributed by atoms with Crippen molar-refractivity contribution < 1.29 is 14.4 Å². The van der Waals surface area contributed by atoms with E-state index in [1.807, 2.05) is 6.92 Å². The first-order chi connectivity index (χ1) is 9.63. The number of hydrogen-bond acceptors (Lipinski definition) is 3. The van der Waals surface area contributed by atoms with Gasteiger partial charge in [-0.15, -0.1) is 0 Å². The maximum Gasteiger partial charge on any atom is 0.299 e. The largest absolute Gasteiger partial charge is 0.338 e. The molecule has 3 rings (SSSR count). The summed E-state index contributed by atoms with van der Waals surface area (Å²) in [7, 11) is 0. The molecule has 1 fully saturated rings. The SMILES string of the molecule is CCN(C(=O)CN1C(=O)C(=O)c2ccccc21)C1CC1. The molecule has 0 atom stereocenters. The molecule has 20 heavy (non-hydrogen) atoms. The second-order valence-corrected chi connectivity index (χ2v) is 5.15. The van der Waals surface area contributed by atoms with Gasteiger partial charge in [0.25, 0.3) is 11.7 Å². The minimum absolute atomic E-state index is 0.0497. The molecule has 0 bridgehead atoms. The molecule has 1 heterocycles. The number of anilines is 1. The molecule has 1 aromatic rings. The highest BCUT2D eigenvalue weighted by atomic mass is 16.2. The van der Waals surface area contributed by atoms with Gasteiger partial charge in [0.15, 0.2) is 0 Å². The smallest absolute Gasteiger partial charge is 0.299 e. The van der Waals surface area contributed by atoms with Crippen molar-refractivity contribution in [2.45, 2.75) is 25.8 Å². The molecule has 0 radical (unpaired) electrons. The predicted octanol–water partition coefficient (Wildman–Crippen LogP) is 1.23. The molecule has 1 aliphatic carbocycles. The molecule has 1 aromatic carbocycles. The van der Waals surface area contributed by atoms with Crippen molar-refractivity contribution in [2.24, 2.45) is 0 Å². The Labute approximate surface area is 117 Å². The Hall–Kier alpha value is -2.17. The summed E-state index contributed by atoms with van der Waals surface area (Å²) in [6.45, 7) is 2.52. The van der Waals surface area contributed by atoms with E-state index in [4.69, 9.17) is 0 Å². The molecule has 5 nitrogen and oxygen atoms in total. The van der Waals surface area contributed by atoms with Gasteiger partial charge in [-0.2, -0.15) is 0 Å². The van der Waals surface area contributed by atoms with Crippen LogP contribution < -0.4 is 4.90 Å². The summed E-state index contributed by atoms with van der Waals surface area (Å²) in [5.74, 6) is -1.22. The van der Waals surface area contributed by atoms with Gasteiger partial charge >= 0.3 is 0 Å². The van der Waals surface area contributed by atoms with E-state index >= 15 is 0 Å². The number of fused-ring (bicyclic) bond motifs is 1. The maximum absolute atomic E-state index is 12.3. The first-order valence-electron chi connectivity index (χ1n) is 6.88. The molecule has 0 unspecified atom stereocenters. The number of rotatable bonds is 4. The second-order valence-electron chi connectivity index (χ2n) is 5.15. The normalized spacial score (nSPS) is 17.4. The van der Waals surface area contributed by atoms with E-state index in [9.17, 15) is 14.4 Å². The zero-order chi connectivity index (χ0) is 14.3. The fraction of sp³-hybridized carbons (Fsp3) is 0.400. The van der Waals surface area contributed by atoms with Crippen LogP contribution in [0.2, 0.25) is 0 Å². The lowest BCUT2D eigenvalue weighted by Crippen LogP contribution is -2.43.